The average Bonchev–Trinajstić information content (AvgIpc) is 2.55. The van der Waals surface area contributed by atoms with Gasteiger partial charge in [-0.25, -0.2) is 9.69 Å². The van der Waals surface area contributed by atoms with Crippen LogP contribution >= 0.6 is 27.7 Å². The zero-order valence-electron chi connectivity index (χ0n) is 13.5. The number of alkyl halides is 1. The highest BCUT2D eigenvalue weighted by molar-refractivity contribution is 9.11. The summed E-state index contributed by atoms with van der Waals surface area (Å²) in [6.07, 6.45) is 2.75. The molecule has 0 radical (unpaired) electrons. The van der Waals surface area contributed by atoms with Crippen LogP contribution in [-0.2, 0) is 9.53 Å². The van der Waals surface area contributed by atoms with Gasteiger partial charge in [-0.15, -0.1) is 6.58 Å². The van der Waals surface area contributed by atoms with Crippen molar-refractivity contribution in [2.45, 2.75) is 62.2 Å². The van der Waals surface area contributed by atoms with Crippen LogP contribution in [0.4, 0.5) is 0 Å². The molecule has 3 N–H and O–H groups in total. The van der Waals surface area contributed by atoms with E-state index in [2.05, 4.69) is 62.4 Å². The summed E-state index contributed by atoms with van der Waals surface area (Å²) in [6, 6.07) is -0.140. The third-order valence-electron chi connectivity index (χ3n) is 4.28. The first-order valence-corrected chi connectivity index (χ1v) is 9.24. The van der Waals surface area contributed by atoms with Crippen molar-refractivity contribution in [1.29, 1.82) is 0 Å². The number of hydrogen-bond acceptors (Lipinski definition) is 3. The summed E-state index contributed by atoms with van der Waals surface area (Å²) in [5.41, 5.74) is -0.482. The lowest BCUT2D eigenvalue weighted by molar-refractivity contribution is -1.11. The van der Waals surface area contributed by atoms with Crippen LogP contribution in [0.3, 0.4) is 0 Å². The molecular formula is C15H27BrN2O2S+2. The van der Waals surface area contributed by atoms with Gasteiger partial charge in [0.05, 0.1) is 22.4 Å². The zero-order chi connectivity index (χ0) is 16.1. The van der Waals surface area contributed by atoms with E-state index < -0.39 is 5.72 Å². The summed E-state index contributed by atoms with van der Waals surface area (Å²) in [4.78, 5) is 13.6. The van der Waals surface area contributed by atoms with E-state index >= 15 is 0 Å². The number of thioether (sulfide) groups is 1. The van der Waals surface area contributed by atoms with E-state index in [0.29, 0.717) is 0 Å². The van der Waals surface area contributed by atoms with Crippen molar-refractivity contribution >= 4 is 33.7 Å². The fourth-order valence-corrected chi connectivity index (χ4v) is 6.84. The third kappa shape index (κ3) is 3.05. The second-order valence-electron chi connectivity index (χ2n) is 7.34. The Morgan fingerprint density at radius 1 is 1.57 bits per heavy atom. The molecule has 2 fully saturated rings. The van der Waals surface area contributed by atoms with Crippen LogP contribution in [0.2, 0.25) is 0 Å². The van der Waals surface area contributed by atoms with Gasteiger partial charge in [0.2, 0.25) is 0 Å². The number of halogens is 1. The molecule has 0 aromatic heterocycles. The smallest absolute Gasteiger partial charge is 0.370 e. The number of esters is 1. The van der Waals surface area contributed by atoms with Crippen LogP contribution < -0.4 is 10.2 Å². The van der Waals surface area contributed by atoms with E-state index in [0.717, 1.165) is 12.2 Å². The van der Waals surface area contributed by atoms with Crippen LogP contribution in [0.15, 0.2) is 12.7 Å². The Balaban J connectivity index is 2.46. The maximum atomic E-state index is 12.5. The summed E-state index contributed by atoms with van der Waals surface area (Å²) in [6.45, 7) is 14.5. The van der Waals surface area contributed by atoms with Crippen LogP contribution in [0.1, 0.15) is 41.0 Å². The van der Waals surface area contributed by atoms with Gasteiger partial charge in [0.15, 0.2) is 6.04 Å². The Labute approximate surface area is 140 Å². The minimum Gasteiger partial charge on any atom is -0.405 e. The van der Waals surface area contributed by atoms with Gasteiger partial charge >= 0.3 is 9.87 Å². The lowest BCUT2D eigenvalue weighted by atomic mass is 9.89. The Hall–Kier alpha value is -0.0400. The molecule has 2 heterocycles. The van der Waals surface area contributed by atoms with E-state index in [9.17, 15) is 4.79 Å². The molecule has 4 nitrogen and oxygen atoms in total. The molecule has 2 saturated heterocycles. The van der Waals surface area contributed by atoms with Gasteiger partial charge in [0.25, 0.3) is 5.72 Å². The maximum Gasteiger partial charge on any atom is 0.370 e. The Bertz CT molecular complexity index is 457. The van der Waals surface area contributed by atoms with E-state index in [4.69, 9.17) is 4.74 Å². The number of ether oxygens (including phenoxy) is 1. The second kappa shape index (κ2) is 5.55. The molecule has 4 atom stereocenters. The number of quaternary nitrogens is 2. The highest BCUT2D eigenvalue weighted by Crippen LogP contribution is 2.34. The molecule has 2 aliphatic heterocycles. The Kier molecular flexibility index (Phi) is 4.58. The molecule has 21 heavy (non-hydrogen) atoms. The number of rotatable bonds is 4. The number of carbonyl (C=O) groups is 1. The van der Waals surface area contributed by atoms with Crippen molar-refractivity contribution in [3.05, 3.63) is 12.7 Å². The lowest BCUT2D eigenvalue weighted by Crippen LogP contribution is -3.40. The topological polar surface area (TPSA) is 47.3 Å². The molecule has 0 amide bonds. The van der Waals surface area contributed by atoms with Crippen LogP contribution in [0.5, 0.6) is 0 Å². The fourth-order valence-electron chi connectivity index (χ4n) is 3.90. The monoisotopic (exact) mass is 378 g/mol. The van der Waals surface area contributed by atoms with E-state index in [1.165, 1.54) is 4.90 Å². The van der Waals surface area contributed by atoms with Gasteiger partial charge < -0.3 is 4.74 Å². The van der Waals surface area contributed by atoms with Crippen molar-refractivity contribution < 1.29 is 19.7 Å². The number of nitrogens with one attached hydrogen (secondary N) is 1. The summed E-state index contributed by atoms with van der Waals surface area (Å²) in [7, 11) is 0. The standard InChI is InChI=1S/C15H25BrN2O2S/c1-7-8-21-15(16)17-13(4,5)9-14(6)18(15)11(10(2)3)12(19)20-14/h7,10-11,17H,1,8-9H2,2-6H3/p+2/t11-,14+,15+/m0/s1. The molecular weight excluding hydrogens is 352 g/mol. The van der Waals surface area contributed by atoms with Gasteiger partial charge in [0, 0.05) is 18.6 Å². The first kappa shape index (κ1) is 17.3. The van der Waals surface area contributed by atoms with Gasteiger partial charge in [-0.2, -0.15) is 0 Å². The van der Waals surface area contributed by atoms with Gasteiger partial charge in [-0.3, -0.25) is 5.32 Å². The van der Waals surface area contributed by atoms with Crippen LogP contribution in [0.25, 0.3) is 0 Å². The van der Waals surface area contributed by atoms with E-state index in [-0.39, 0.29) is 27.4 Å². The molecule has 0 saturated carbocycles. The molecule has 0 aliphatic carbocycles. The zero-order valence-corrected chi connectivity index (χ0v) is 15.9. The first-order chi connectivity index (χ1) is 9.55. The van der Waals surface area contributed by atoms with Crippen LogP contribution in [0, 0.1) is 5.92 Å². The highest BCUT2D eigenvalue weighted by Gasteiger charge is 2.71. The third-order valence-corrected chi connectivity index (χ3v) is 6.78. The predicted octanol–water partition coefficient (Wildman–Crippen LogP) is 0.840. The molecule has 0 bridgehead atoms. The summed E-state index contributed by atoms with van der Waals surface area (Å²) < 4.78 is 5.54. The molecule has 0 aromatic carbocycles. The second-order valence-corrected chi connectivity index (χ2v) is 10.4. The molecule has 6 heteroatoms. The number of carbonyl (C=O) groups excluding carboxylic acids is 1. The SMILES string of the molecule is C=CCS[C@]1(Br)[NH2+]C(C)(C)C[C@@]2(C)OC(=O)[C@H](C(C)C)[NH+]21. The van der Waals surface area contributed by atoms with Gasteiger partial charge in [-0.1, -0.05) is 19.9 Å². The molecule has 2 aliphatic rings. The van der Waals surface area contributed by atoms with Crippen molar-refractivity contribution in [3.63, 3.8) is 0 Å². The Morgan fingerprint density at radius 2 is 2.19 bits per heavy atom. The van der Waals surface area contributed by atoms with Gasteiger partial charge in [-0.05, 0) is 25.6 Å². The molecule has 2 rings (SSSR count). The minimum absolute atomic E-state index is 0.00205. The maximum absolute atomic E-state index is 12.5. The molecule has 0 spiro atoms. The highest BCUT2D eigenvalue weighted by atomic mass is 79.9. The van der Waals surface area contributed by atoms with Crippen molar-refractivity contribution in [1.82, 2.24) is 0 Å². The Morgan fingerprint density at radius 3 is 2.71 bits per heavy atom. The molecule has 120 valence electrons. The number of hydrogen-bond donors (Lipinski definition) is 2. The largest absolute Gasteiger partial charge is 0.405 e. The summed E-state index contributed by atoms with van der Waals surface area (Å²) >= 11 is 5.72. The predicted molar refractivity (Wildman–Crippen MR) is 89.0 cm³/mol. The van der Waals surface area contributed by atoms with Crippen molar-refractivity contribution in [2.75, 3.05) is 5.75 Å². The van der Waals surface area contributed by atoms with E-state index in [1.807, 2.05) is 6.08 Å². The van der Waals surface area contributed by atoms with E-state index in [1.54, 1.807) is 11.8 Å². The van der Waals surface area contributed by atoms with Crippen molar-refractivity contribution in [3.8, 4) is 0 Å². The molecule has 1 unspecified atom stereocenters. The molecule has 0 aromatic rings. The summed E-state index contributed by atoms with van der Waals surface area (Å²) in [5, 5.41) is 2.34. The first-order valence-electron chi connectivity index (χ1n) is 7.46. The van der Waals surface area contributed by atoms with Crippen molar-refractivity contribution in [2.24, 2.45) is 5.92 Å². The summed E-state index contributed by atoms with van der Waals surface area (Å²) in [5.74, 6) is 0.998. The normalized spacial score (nSPS) is 41.8. The van der Waals surface area contributed by atoms with Gasteiger partial charge in [0.1, 0.15) is 5.54 Å². The van der Waals surface area contributed by atoms with Crippen LogP contribution in [-0.4, -0.2) is 32.9 Å². The number of fused-ring (bicyclic) bond motifs is 1. The fraction of sp³-hybridized carbons (Fsp3) is 0.800. The quantitative estimate of drug-likeness (QED) is 0.329. The minimum atomic E-state index is -0.484. The number of nitrogens with two attached hydrogens (primary N) is 1. The average molecular weight is 379 g/mol. The lowest BCUT2D eigenvalue weighted by Gasteiger charge is -2.49.